The first-order valence-corrected chi connectivity index (χ1v) is 6.49. The van der Waals surface area contributed by atoms with Crippen molar-refractivity contribution >= 4 is 5.91 Å². The largest absolute Gasteiger partial charge is 0.342 e. The van der Waals surface area contributed by atoms with Crippen LogP contribution >= 0.6 is 0 Å². The van der Waals surface area contributed by atoms with Crippen molar-refractivity contribution in [2.24, 2.45) is 17.8 Å². The Morgan fingerprint density at radius 2 is 1.94 bits per heavy atom. The normalized spacial score (nSPS) is 37.8. The Kier molecular flexibility index (Phi) is 2.72. The molecule has 88 valence electrons. The van der Waals surface area contributed by atoms with Crippen LogP contribution in [0.1, 0.15) is 19.3 Å². The van der Waals surface area contributed by atoms with Crippen LogP contribution in [0.5, 0.6) is 0 Å². The lowest BCUT2D eigenvalue weighted by Gasteiger charge is -2.24. The molecule has 3 atom stereocenters. The number of nitrogens with zero attached hydrogens (tertiary/aromatic N) is 1. The highest BCUT2D eigenvalue weighted by atomic mass is 16.2. The summed E-state index contributed by atoms with van der Waals surface area (Å²) in [5.41, 5.74) is 0. The second kappa shape index (κ2) is 4.21. The van der Waals surface area contributed by atoms with Crippen LogP contribution in [0.4, 0.5) is 0 Å². The molecule has 3 heteroatoms. The number of nitrogens with one attached hydrogen (secondary N) is 1. The summed E-state index contributed by atoms with van der Waals surface area (Å²) in [4.78, 5) is 14.4. The fourth-order valence-electron chi connectivity index (χ4n) is 3.31. The summed E-state index contributed by atoms with van der Waals surface area (Å²) in [6.45, 7) is 4.21. The van der Waals surface area contributed by atoms with Gasteiger partial charge in [0.15, 0.2) is 0 Å². The van der Waals surface area contributed by atoms with Crippen LogP contribution in [0.25, 0.3) is 0 Å². The quantitative estimate of drug-likeness (QED) is 0.669. The van der Waals surface area contributed by atoms with Gasteiger partial charge in [0, 0.05) is 32.1 Å². The molecular formula is C13H20N2O. The van der Waals surface area contributed by atoms with Gasteiger partial charge in [0.25, 0.3) is 0 Å². The van der Waals surface area contributed by atoms with E-state index in [1.807, 2.05) is 0 Å². The maximum Gasteiger partial charge on any atom is 0.226 e. The van der Waals surface area contributed by atoms with Crippen molar-refractivity contribution < 1.29 is 4.79 Å². The monoisotopic (exact) mass is 220 g/mol. The van der Waals surface area contributed by atoms with E-state index in [9.17, 15) is 4.79 Å². The third-order valence-electron chi connectivity index (χ3n) is 4.32. The molecule has 2 aliphatic heterocycles. The van der Waals surface area contributed by atoms with E-state index in [1.165, 1.54) is 0 Å². The average molecular weight is 220 g/mol. The van der Waals surface area contributed by atoms with E-state index in [-0.39, 0.29) is 5.92 Å². The Hall–Kier alpha value is -0.830. The molecule has 0 bridgehead atoms. The number of hydrogen-bond acceptors (Lipinski definition) is 2. The van der Waals surface area contributed by atoms with Gasteiger partial charge in [-0.2, -0.15) is 0 Å². The van der Waals surface area contributed by atoms with Gasteiger partial charge in [0.05, 0.1) is 0 Å². The van der Waals surface area contributed by atoms with Gasteiger partial charge >= 0.3 is 0 Å². The molecule has 0 radical (unpaired) electrons. The second-order valence-corrected chi connectivity index (χ2v) is 5.40. The number of likely N-dealkylation sites (tertiary alicyclic amines) is 1. The number of fused-ring (bicyclic) bond motifs is 1. The SMILES string of the molecule is O=C(C1CC=CCC1)N1C[C@H]2CNC[C@H]2C1. The molecule has 0 spiro atoms. The lowest BCUT2D eigenvalue weighted by Crippen LogP contribution is -2.36. The Morgan fingerprint density at radius 1 is 1.19 bits per heavy atom. The van der Waals surface area contributed by atoms with Crippen molar-refractivity contribution in [3.63, 3.8) is 0 Å². The van der Waals surface area contributed by atoms with Gasteiger partial charge in [-0.3, -0.25) is 4.79 Å². The Labute approximate surface area is 96.9 Å². The van der Waals surface area contributed by atoms with Gasteiger partial charge in [0.1, 0.15) is 0 Å². The first-order valence-electron chi connectivity index (χ1n) is 6.49. The molecule has 1 aliphatic carbocycles. The highest BCUT2D eigenvalue weighted by Gasteiger charge is 2.39. The van der Waals surface area contributed by atoms with Crippen LogP contribution in [0.3, 0.4) is 0 Å². The van der Waals surface area contributed by atoms with Crippen LogP contribution < -0.4 is 5.32 Å². The zero-order valence-corrected chi connectivity index (χ0v) is 9.69. The summed E-state index contributed by atoms with van der Waals surface area (Å²) in [6, 6.07) is 0. The van der Waals surface area contributed by atoms with Crippen molar-refractivity contribution in [3.8, 4) is 0 Å². The molecule has 2 fully saturated rings. The van der Waals surface area contributed by atoms with Gasteiger partial charge in [0.2, 0.25) is 5.91 Å². The summed E-state index contributed by atoms with van der Waals surface area (Å²) in [5, 5.41) is 3.41. The minimum absolute atomic E-state index is 0.275. The summed E-state index contributed by atoms with van der Waals surface area (Å²) in [7, 11) is 0. The van der Waals surface area contributed by atoms with Crippen molar-refractivity contribution in [2.45, 2.75) is 19.3 Å². The Morgan fingerprint density at radius 3 is 2.56 bits per heavy atom. The summed E-state index contributed by atoms with van der Waals surface area (Å²) in [6.07, 6.45) is 7.47. The third kappa shape index (κ3) is 1.77. The summed E-state index contributed by atoms with van der Waals surface area (Å²) in [5.74, 6) is 2.14. The van der Waals surface area contributed by atoms with Crippen LogP contribution in [0.15, 0.2) is 12.2 Å². The minimum atomic E-state index is 0.275. The lowest BCUT2D eigenvalue weighted by molar-refractivity contribution is -0.135. The van der Waals surface area contributed by atoms with E-state index < -0.39 is 0 Å². The van der Waals surface area contributed by atoms with E-state index >= 15 is 0 Å². The fourth-order valence-corrected chi connectivity index (χ4v) is 3.31. The van der Waals surface area contributed by atoms with Crippen LogP contribution in [0, 0.1) is 17.8 Å². The molecule has 0 saturated carbocycles. The molecule has 3 rings (SSSR count). The smallest absolute Gasteiger partial charge is 0.226 e. The van der Waals surface area contributed by atoms with E-state index in [0.29, 0.717) is 5.91 Å². The molecule has 0 aromatic heterocycles. The number of amides is 1. The highest BCUT2D eigenvalue weighted by molar-refractivity contribution is 5.79. The zero-order chi connectivity index (χ0) is 11.0. The predicted molar refractivity (Wildman–Crippen MR) is 62.9 cm³/mol. The number of hydrogen-bond donors (Lipinski definition) is 1. The maximum absolute atomic E-state index is 12.3. The molecule has 2 saturated heterocycles. The zero-order valence-electron chi connectivity index (χ0n) is 9.69. The molecular weight excluding hydrogens is 200 g/mol. The van der Waals surface area contributed by atoms with Crippen LogP contribution in [0.2, 0.25) is 0 Å². The average Bonchev–Trinajstić information content (AvgIpc) is 2.89. The third-order valence-corrected chi connectivity index (χ3v) is 4.32. The molecule has 1 N–H and O–H groups in total. The molecule has 0 aromatic rings. The lowest BCUT2D eigenvalue weighted by atomic mass is 9.93. The highest BCUT2D eigenvalue weighted by Crippen LogP contribution is 2.29. The first-order chi connectivity index (χ1) is 7.84. The molecule has 1 amide bonds. The fraction of sp³-hybridized carbons (Fsp3) is 0.769. The van der Waals surface area contributed by atoms with Crippen LogP contribution in [-0.4, -0.2) is 37.0 Å². The second-order valence-electron chi connectivity index (χ2n) is 5.40. The van der Waals surface area contributed by atoms with Crippen LogP contribution in [-0.2, 0) is 4.79 Å². The van der Waals surface area contributed by atoms with E-state index in [2.05, 4.69) is 22.4 Å². The first kappa shape index (κ1) is 10.3. The molecule has 0 aromatic carbocycles. The molecule has 3 nitrogen and oxygen atoms in total. The summed E-state index contributed by atoms with van der Waals surface area (Å²) >= 11 is 0. The predicted octanol–water partition coefficient (Wildman–Crippen LogP) is 1.02. The maximum atomic E-state index is 12.3. The van der Waals surface area contributed by atoms with Gasteiger partial charge in [-0.1, -0.05) is 12.2 Å². The molecule has 3 aliphatic rings. The Balaban J connectivity index is 1.61. The minimum Gasteiger partial charge on any atom is -0.342 e. The number of rotatable bonds is 1. The topological polar surface area (TPSA) is 32.3 Å². The Bertz CT molecular complexity index is 301. The van der Waals surface area contributed by atoms with Crippen molar-refractivity contribution in [1.82, 2.24) is 10.2 Å². The standard InChI is InChI=1S/C13H20N2O/c16-13(10-4-2-1-3-5-10)15-8-11-6-14-7-12(11)9-15/h1-2,10-12,14H,3-9H2/t10?,11-,12+. The molecule has 1 unspecified atom stereocenters. The number of carbonyl (C=O) groups excluding carboxylic acids is 1. The molecule has 16 heavy (non-hydrogen) atoms. The van der Waals surface area contributed by atoms with E-state index in [4.69, 9.17) is 0 Å². The van der Waals surface area contributed by atoms with Gasteiger partial charge in [-0.15, -0.1) is 0 Å². The van der Waals surface area contributed by atoms with Gasteiger partial charge < -0.3 is 10.2 Å². The van der Waals surface area contributed by atoms with Crippen molar-refractivity contribution in [2.75, 3.05) is 26.2 Å². The summed E-state index contributed by atoms with van der Waals surface area (Å²) < 4.78 is 0. The van der Waals surface area contributed by atoms with Gasteiger partial charge in [-0.25, -0.2) is 0 Å². The molecule has 2 heterocycles. The number of allylic oxidation sites excluding steroid dienone is 2. The van der Waals surface area contributed by atoms with Crippen molar-refractivity contribution in [3.05, 3.63) is 12.2 Å². The number of carbonyl (C=O) groups is 1. The van der Waals surface area contributed by atoms with Crippen molar-refractivity contribution in [1.29, 1.82) is 0 Å². The van der Waals surface area contributed by atoms with E-state index in [1.54, 1.807) is 0 Å². The van der Waals surface area contributed by atoms with E-state index in [0.717, 1.165) is 57.3 Å². The van der Waals surface area contributed by atoms with Gasteiger partial charge in [-0.05, 0) is 31.1 Å².